The van der Waals surface area contributed by atoms with Crippen LogP contribution in [0.3, 0.4) is 0 Å². The van der Waals surface area contributed by atoms with Gasteiger partial charge in [-0.3, -0.25) is 9.36 Å². The third-order valence-corrected chi connectivity index (χ3v) is 7.94. The fourth-order valence-corrected chi connectivity index (χ4v) is 6.71. The van der Waals surface area contributed by atoms with Crippen LogP contribution in [0.5, 0.6) is 0 Å². The summed E-state index contributed by atoms with van der Waals surface area (Å²) in [7, 11) is 0. The van der Waals surface area contributed by atoms with E-state index in [-0.39, 0.29) is 12.2 Å². The van der Waals surface area contributed by atoms with Gasteiger partial charge in [-0.25, -0.2) is 4.98 Å². The zero-order chi connectivity index (χ0) is 17.9. The molecule has 2 aliphatic carbocycles. The lowest BCUT2D eigenvalue weighted by Crippen LogP contribution is -2.26. The van der Waals surface area contributed by atoms with Crippen molar-refractivity contribution >= 4 is 33.3 Å². The Morgan fingerprint density at radius 1 is 1.12 bits per heavy atom. The normalized spacial score (nSPS) is 17.9. The molecule has 0 amide bonds. The quantitative estimate of drug-likeness (QED) is 0.421. The summed E-state index contributed by atoms with van der Waals surface area (Å²) in [5, 5.41) is 10.8. The van der Waals surface area contributed by atoms with Gasteiger partial charge in [-0.1, -0.05) is 31.0 Å². The maximum atomic E-state index is 13.5. The van der Waals surface area contributed by atoms with Gasteiger partial charge >= 0.3 is 0 Å². The van der Waals surface area contributed by atoms with Crippen molar-refractivity contribution in [3.8, 4) is 0 Å². The van der Waals surface area contributed by atoms with Crippen LogP contribution in [0.4, 0.5) is 0 Å². The number of thioether (sulfide) groups is 1. The van der Waals surface area contributed by atoms with Crippen molar-refractivity contribution in [1.82, 2.24) is 9.55 Å². The molecule has 2 aromatic heterocycles. The highest BCUT2D eigenvalue weighted by Gasteiger charge is 2.26. The molecule has 0 radical (unpaired) electrons. The number of hydrogen-bond donors (Lipinski definition) is 1. The van der Waals surface area contributed by atoms with Crippen molar-refractivity contribution < 1.29 is 5.11 Å². The van der Waals surface area contributed by atoms with E-state index in [9.17, 15) is 4.79 Å². The number of unbranched alkanes of at least 4 members (excludes halogenated alkanes) is 2. The van der Waals surface area contributed by atoms with Gasteiger partial charge in [0.2, 0.25) is 0 Å². The summed E-state index contributed by atoms with van der Waals surface area (Å²) in [5.41, 5.74) is 1.53. The summed E-state index contributed by atoms with van der Waals surface area (Å²) in [4.78, 5) is 20.9. The molecule has 0 bridgehead atoms. The molecule has 142 valence electrons. The molecule has 0 spiro atoms. The largest absolute Gasteiger partial charge is 0.396 e. The SMILES string of the molecule is O=c1c2c3c(sc2nc(SCCCCCO)n1C1CCCC1)CCCC3. The zero-order valence-corrected chi connectivity index (χ0v) is 17.0. The molecule has 1 N–H and O–H groups in total. The van der Waals surface area contributed by atoms with Crippen molar-refractivity contribution in [1.29, 1.82) is 0 Å². The lowest BCUT2D eigenvalue weighted by Gasteiger charge is -2.18. The molecular weight excluding hydrogens is 364 g/mol. The summed E-state index contributed by atoms with van der Waals surface area (Å²) >= 11 is 3.49. The third kappa shape index (κ3) is 3.60. The van der Waals surface area contributed by atoms with Crippen LogP contribution < -0.4 is 5.56 Å². The first-order valence-electron chi connectivity index (χ1n) is 10.1. The monoisotopic (exact) mass is 392 g/mol. The van der Waals surface area contributed by atoms with Crippen molar-refractivity contribution in [3.63, 3.8) is 0 Å². The van der Waals surface area contributed by atoms with E-state index in [0.29, 0.717) is 6.04 Å². The number of aliphatic hydroxyl groups is 1. The zero-order valence-electron chi connectivity index (χ0n) is 15.3. The lowest BCUT2D eigenvalue weighted by molar-refractivity contribution is 0.284. The standard InChI is InChI=1S/C20H28N2O2S2/c23-12-6-1-7-13-25-20-21-18-17(15-10-4-5-11-16(15)26-18)19(24)22(20)14-8-2-3-9-14/h14,23H,1-13H2. The van der Waals surface area contributed by atoms with E-state index in [1.54, 1.807) is 23.1 Å². The third-order valence-electron chi connectivity index (χ3n) is 5.71. The van der Waals surface area contributed by atoms with E-state index in [1.165, 1.54) is 36.1 Å². The van der Waals surface area contributed by atoms with Crippen molar-refractivity contribution in [2.75, 3.05) is 12.4 Å². The second-order valence-electron chi connectivity index (χ2n) is 7.53. The Bertz CT molecular complexity index is 821. The van der Waals surface area contributed by atoms with Gasteiger partial charge in [0.1, 0.15) is 4.83 Å². The first-order valence-corrected chi connectivity index (χ1v) is 11.9. The minimum atomic E-state index is 0.221. The molecule has 0 atom stereocenters. The smallest absolute Gasteiger partial charge is 0.263 e. The molecule has 1 fully saturated rings. The fourth-order valence-electron chi connectivity index (χ4n) is 4.34. The molecule has 4 nitrogen and oxygen atoms in total. The first-order chi connectivity index (χ1) is 12.8. The Labute approximate surface area is 163 Å². The molecule has 4 rings (SSSR count). The molecule has 0 unspecified atom stereocenters. The number of nitrogens with zero attached hydrogens (tertiary/aromatic N) is 2. The van der Waals surface area contributed by atoms with E-state index in [0.717, 1.165) is 66.1 Å². The molecule has 0 aliphatic heterocycles. The molecular formula is C20H28N2O2S2. The molecule has 2 aromatic rings. The number of hydrogen-bond acceptors (Lipinski definition) is 5. The maximum absolute atomic E-state index is 13.5. The van der Waals surface area contributed by atoms with Gasteiger partial charge in [0, 0.05) is 23.3 Å². The number of thiophene rings is 1. The average Bonchev–Trinajstić information content (AvgIpc) is 3.29. The van der Waals surface area contributed by atoms with E-state index >= 15 is 0 Å². The van der Waals surface area contributed by atoms with Crippen molar-refractivity contribution in [2.24, 2.45) is 0 Å². The minimum Gasteiger partial charge on any atom is -0.396 e. The highest BCUT2D eigenvalue weighted by molar-refractivity contribution is 7.99. The Morgan fingerprint density at radius 2 is 1.92 bits per heavy atom. The molecule has 2 aliphatic rings. The Balaban J connectivity index is 1.71. The minimum absolute atomic E-state index is 0.221. The molecule has 2 heterocycles. The van der Waals surface area contributed by atoms with Crippen LogP contribution >= 0.6 is 23.1 Å². The molecule has 6 heteroatoms. The second kappa shape index (κ2) is 8.44. The van der Waals surface area contributed by atoms with E-state index in [2.05, 4.69) is 0 Å². The first kappa shape index (κ1) is 18.5. The van der Waals surface area contributed by atoms with Crippen LogP contribution in [-0.4, -0.2) is 27.0 Å². The van der Waals surface area contributed by atoms with Gasteiger partial charge in [-0.15, -0.1) is 11.3 Å². The molecule has 0 saturated heterocycles. The van der Waals surface area contributed by atoms with Gasteiger partial charge in [-0.2, -0.15) is 0 Å². The summed E-state index contributed by atoms with van der Waals surface area (Å²) in [6, 6.07) is 0.332. The van der Waals surface area contributed by atoms with E-state index in [4.69, 9.17) is 10.1 Å². The maximum Gasteiger partial charge on any atom is 0.263 e. The lowest BCUT2D eigenvalue weighted by atomic mass is 9.97. The summed E-state index contributed by atoms with van der Waals surface area (Å²) in [5.74, 6) is 0.968. The summed E-state index contributed by atoms with van der Waals surface area (Å²) < 4.78 is 2.05. The number of aromatic nitrogens is 2. The highest BCUT2D eigenvalue weighted by Crippen LogP contribution is 2.37. The predicted molar refractivity (Wildman–Crippen MR) is 110 cm³/mol. The van der Waals surface area contributed by atoms with Crippen LogP contribution in [-0.2, 0) is 12.8 Å². The van der Waals surface area contributed by atoms with Crippen LogP contribution in [0.25, 0.3) is 10.2 Å². The van der Waals surface area contributed by atoms with Crippen LogP contribution in [0.1, 0.15) is 74.3 Å². The number of rotatable bonds is 7. The van der Waals surface area contributed by atoms with E-state index in [1.807, 2.05) is 4.57 Å². The van der Waals surface area contributed by atoms with Gasteiger partial charge in [0.05, 0.1) is 5.39 Å². The summed E-state index contributed by atoms with van der Waals surface area (Å²) in [6.07, 6.45) is 12.2. The second-order valence-corrected chi connectivity index (χ2v) is 9.68. The van der Waals surface area contributed by atoms with Crippen molar-refractivity contribution in [3.05, 3.63) is 20.8 Å². The Kier molecular flexibility index (Phi) is 6.01. The van der Waals surface area contributed by atoms with Crippen LogP contribution in [0, 0.1) is 0 Å². The highest BCUT2D eigenvalue weighted by atomic mass is 32.2. The van der Waals surface area contributed by atoms with Crippen molar-refractivity contribution in [2.45, 2.75) is 81.8 Å². The molecule has 1 saturated carbocycles. The predicted octanol–water partition coefficient (Wildman–Crippen LogP) is 4.71. The Hall–Kier alpha value is -0.850. The van der Waals surface area contributed by atoms with Crippen LogP contribution in [0.15, 0.2) is 9.95 Å². The van der Waals surface area contributed by atoms with Crippen LogP contribution in [0.2, 0.25) is 0 Å². The van der Waals surface area contributed by atoms with Gasteiger partial charge in [0.25, 0.3) is 5.56 Å². The number of aryl methyl sites for hydroxylation is 2. The topological polar surface area (TPSA) is 55.1 Å². The van der Waals surface area contributed by atoms with Gasteiger partial charge < -0.3 is 5.11 Å². The Morgan fingerprint density at radius 3 is 2.73 bits per heavy atom. The number of aliphatic hydroxyl groups excluding tert-OH is 1. The molecule has 26 heavy (non-hydrogen) atoms. The van der Waals surface area contributed by atoms with E-state index < -0.39 is 0 Å². The van der Waals surface area contributed by atoms with Gasteiger partial charge in [-0.05, 0) is 56.9 Å². The average molecular weight is 393 g/mol. The molecule has 0 aromatic carbocycles. The number of fused-ring (bicyclic) bond motifs is 3. The van der Waals surface area contributed by atoms with Gasteiger partial charge in [0.15, 0.2) is 5.16 Å². The summed E-state index contributed by atoms with van der Waals surface area (Å²) in [6.45, 7) is 0.266. The fraction of sp³-hybridized carbons (Fsp3) is 0.700.